The molecule has 1 aliphatic carbocycles. The number of nitrogens with two attached hydrogens (primary N) is 1. The van der Waals surface area contributed by atoms with Crippen molar-refractivity contribution in [2.24, 2.45) is 5.73 Å². The van der Waals surface area contributed by atoms with E-state index in [9.17, 15) is 4.79 Å². The highest BCUT2D eigenvalue weighted by Gasteiger charge is 2.30. The molecule has 0 radical (unpaired) electrons. The molecule has 3 rings (SSSR count). The van der Waals surface area contributed by atoms with Crippen molar-refractivity contribution in [1.82, 2.24) is 10.6 Å². The summed E-state index contributed by atoms with van der Waals surface area (Å²) < 4.78 is 0. The van der Waals surface area contributed by atoms with Crippen molar-refractivity contribution in [2.75, 3.05) is 6.54 Å². The summed E-state index contributed by atoms with van der Waals surface area (Å²) in [6.07, 6.45) is 2.79. The molecule has 18 heavy (non-hydrogen) atoms. The molecule has 4 N–H and O–H groups in total. The Morgan fingerprint density at radius 3 is 3.00 bits per heavy atom. The zero-order valence-electron chi connectivity index (χ0n) is 10.4. The molecule has 4 nitrogen and oxygen atoms in total. The van der Waals surface area contributed by atoms with Gasteiger partial charge in [0.1, 0.15) is 0 Å². The van der Waals surface area contributed by atoms with E-state index in [0.717, 1.165) is 25.8 Å². The molecule has 3 atom stereocenters. The van der Waals surface area contributed by atoms with Gasteiger partial charge in [-0.2, -0.15) is 0 Å². The van der Waals surface area contributed by atoms with E-state index < -0.39 is 0 Å². The predicted octanol–water partition coefficient (Wildman–Crippen LogP) is 0.479. The second-order valence-corrected chi connectivity index (χ2v) is 5.26. The van der Waals surface area contributed by atoms with E-state index in [2.05, 4.69) is 28.8 Å². The Bertz CT molecular complexity index is 460. The van der Waals surface area contributed by atoms with Gasteiger partial charge in [-0.15, -0.1) is 0 Å². The molecule has 0 saturated carbocycles. The van der Waals surface area contributed by atoms with Gasteiger partial charge in [0.2, 0.25) is 5.91 Å². The minimum Gasteiger partial charge on any atom is -0.348 e. The zero-order chi connectivity index (χ0) is 12.5. The molecule has 0 aromatic heterocycles. The first-order valence-electron chi connectivity index (χ1n) is 6.61. The molecule has 2 aliphatic rings. The minimum absolute atomic E-state index is 0.0876. The number of carbonyl (C=O) groups is 1. The van der Waals surface area contributed by atoms with Crippen LogP contribution >= 0.6 is 0 Å². The molecule has 1 amide bonds. The van der Waals surface area contributed by atoms with Crippen LogP contribution in [0.25, 0.3) is 0 Å². The number of hydrogen-bond donors (Lipinski definition) is 3. The van der Waals surface area contributed by atoms with E-state index in [1.54, 1.807) is 0 Å². The van der Waals surface area contributed by atoms with E-state index in [0.29, 0.717) is 0 Å². The van der Waals surface area contributed by atoms with Crippen molar-refractivity contribution in [2.45, 2.75) is 37.4 Å². The lowest BCUT2D eigenvalue weighted by molar-refractivity contribution is -0.123. The number of aryl methyl sites for hydroxylation is 1. The van der Waals surface area contributed by atoms with Gasteiger partial charge in [-0.1, -0.05) is 24.3 Å². The van der Waals surface area contributed by atoms with Gasteiger partial charge in [-0.25, -0.2) is 0 Å². The molecule has 1 aliphatic heterocycles. The van der Waals surface area contributed by atoms with Crippen LogP contribution in [0.4, 0.5) is 0 Å². The quantitative estimate of drug-likeness (QED) is 0.710. The molecule has 0 unspecified atom stereocenters. The second kappa shape index (κ2) is 4.71. The summed E-state index contributed by atoms with van der Waals surface area (Å²) in [4.78, 5) is 12.1. The fraction of sp³-hybridized carbons (Fsp3) is 0.500. The van der Waals surface area contributed by atoms with Crippen LogP contribution < -0.4 is 16.4 Å². The maximum absolute atomic E-state index is 12.1. The number of hydrogen-bond acceptors (Lipinski definition) is 3. The fourth-order valence-corrected chi connectivity index (χ4v) is 2.94. The van der Waals surface area contributed by atoms with Gasteiger partial charge in [0.05, 0.1) is 12.1 Å². The highest BCUT2D eigenvalue weighted by molar-refractivity contribution is 5.82. The Hall–Kier alpha value is -1.39. The number of rotatable bonds is 2. The Labute approximate surface area is 107 Å². The molecule has 1 fully saturated rings. The van der Waals surface area contributed by atoms with Crippen LogP contribution in [0.3, 0.4) is 0 Å². The number of carbonyl (C=O) groups excluding carboxylic acids is 1. The van der Waals surface area contributed by atoms with Gasteiger partial charge in [0, 0.05) is 12.6 Å². The van der Waals surface area contributed by atoms with Crippen molar-refractivity contribution in [3.63, 3.8) is 0 Å². The summed E-state index contributed by atoms with van der Waals surface area (Å²) in [5, 5.41) is 6.31. The van der Waals surface area contributed by atoms with E-state index in [1.165, 1.54) is 11.1 Å². The van der Waals surface area contributed by atoms with Crippen molar-refractivity contribution in [3.05, 3.63) is 35.4 Å². The third-order valence-electron chi connectivity index (χ3n) is 3.93. The molecule has 1 saturated heterocycles. The molecular weight excluding hydrogens is 226 g/mol. The van der Waals surface area contributed by atoms with Crippen LogP contribution in [0.2, 0.25) is 0 Å². The summed E-state index contributed by atoms with van der Waals surface area (Å²) in [6.45, 7) is 0.735. The molecule has 0 bridgehead atoms. The molecule has 96 valence electrons. The predicted molar refractivity (Wildman–Crippen MR) is 70.0 cm³/mol. The van der Waals surface area contributed by atoms with Crippen LogP contribution in [0.1, 0.15) is 30.0 Å². The summed E-state index contributed by atoms with van der Waals surface area (Å²) in [5.74, 6) is 0.0876. The highest BCUT2D eigenvalue weighted by Crippen LogP contribution is 2.30. The van der Waals surface area contributed by atoms with Crippen molar-refractivity contribution in [3.8, 4) is 0 Å². The first-order chi connectivity index (χ1) is 8.74. The van der Waals surface area contributed by atoms with E-state index in [1.807, 2.05) is 6.07 Å². The summed E-state index contributed by atoms with van der Waals surface area (Å²) in [5.41, 5.74) is 8.44. The topological polar surface area (TPSA) is 67.1 Å². The summed E-state index contributed by atoms with van der Waals surface area (Å²) in [6, 6.07) is 8.51. The summed E-state index contributed by atoms with van der Waals surface area (Å²) in [7, 11) is 0. The Morgan fingerprint density at radius 1 is 1.39 bits per heavy atom. The molecule has 1 heterocycles. The third-order valence-corrected chi connectivity index (χ3v) is 3.93. The first-order valence-corrected chi connectivity index (χ1v) is 6.61. The lowest BCUT2D eigenvalue weighted by Crippen LogP contribution is -2.41. The van der Waals surface area contributed by atoms with Gasteiger partial charge in [0.25, 0.3) is 0 Å². The van der Waals surface area contributed by atoms with Crippen LogP contribution in [-0.4, -0.2) is 24.5 Å². The SMILES string of the molecule is N[C@H]1CN[C@H](C(=O)N[C@H]2CCc3ccccc32)C1. The smallest absolute Gasteiger partial charge is 0.237 e. The molecular formula is C14H19N3O. The standard InChI is InChI=1S/C14H19N3O/c15-10-7-13(16-8-10)14(18)17-12-6-5-9-3-1-2-4-11(9)12/h1-4,10,12-13,16H,5-8,15H2,(H,17,18)/t10-,12+,13+/m1/s1. The lowest BCUT2D eigenvalue weighted by atomic mass is 10.1. The van der Waals surface area contributed by atoms with Gasteiger partial charge in [-0.05, 0) is 30.4 Å². The Morgan fingerprint density at radius 2 is 2.22 bits per heavy atom. The molecule has 1 aromatic rings. The van der Waals surface area contributed by atoms with Crippen LogP contribution in [0.5, 0.6) is 0 Å². The van der Waals surface area contributed by atoms with Gasteiger partial charge >= 0.3 is 0 Å². The highest BCUT2D eigenvalue weighted by atomic mass is 16.2. The first kappa shape index (κ1) is 11.7. The average molecular weight is 245 g/mol. The van der Waals surface area contributed by atoms with Crippen molar-refractivity contribution in [1.29, 1.82) is 0 Å². The molecule has 1 aromatic carbocycles. The lowest BCUT2D eigenvalue weighted by Gasteiger charge is -2.17. The normalized spacial score (nSPS) is 30.2. The summed E-state index contributed by atoms with van der Waals surface area (Å²) >= 11 is 0. The van der Waals surface area contributed by atoms with E-state index in [-0.39, 0.29) is 24.0 Å². The van der Waals surface area contributed by atoms with E-state index >= 15 is 0 Å². The number of benzene rings is 1. The average Bonchev–Trinajstić information content (AvgIpc) is 2.97. The number of fused-ring (bicyclic) bond motifs is 1. The maximum atomic E-state index is 12.1. The number of nitrogens with one attached hydrogen (secondary N) is 2. The Balaban J connectivity index is 1.66. The van der Waals surface area contributed by atoms with Crippen molar-refractivity contribution < 1.29 is 4.79 Å². The zero-order valence-corrected chi connectivity index (χ0v) is 10.4. The van der Waals surface area contributed by atoms with Gasteiger partial charge in [0.15, 0.2) is 0 Å². The Kier molecular flexibility index (Phi) is 3.06. The molecule has 0 spiro atoms. The van der Waals surface area contributed by atoms with Gasteiger partial charge < -0.3 is 16.4 Å². The second-order valence-electron chi connectivity index (χ2n) is 5.26. The third kappa shape index (κ3) is 2.13. The monoisotopic (exact) mass is 245 g/mol. The number of amides is 1. The van der Waals surface area contributed by atoms with Gasteiger partial charge in [-0.3, -0.25) is 4.79 Å². The molecule has 4 heteroatoms. The van der Waals surface area contributed by atoms with E-state index in [4.69, 9.17) is 5.73 Å². The van der Waals surface area contributed by atoms with Crippen LogP contribution in [-0.2, 0) is 11.2 Å². The van der Waals surface area contributed by atoms with Crippen molar-refractivity contribution >= 4 is 5.91 Å². The maximum Gasteiger partial charge on any atom is 0.237 e. The van der Waals surface area contributed by atoms with Crippen LogP contribution in [0, 0.1) is 0 Å². The largest absolute Gasteiger partial charge is 0.348 e. The van der Waals surface area contributed by atoms with Crippen LogP contribution in [0.15, 0.2) is 24.3 Å². The minimum atomic E-state index is -0.118. The fourth-order valence-electron chi connectivity index (χ4n) is 2.94.